The first-order valence-electron chi connectivity index (χ1n) is 3.04. The van der Waals surface area contributed by atoms with Crippen molar-refractivity contribution in [1.82, 2.24) is 0 Å². The molecule has 3 heteroatoms. The molecule has 0 saturated heterocycles. The Balaban J connectivity index is 0. The van der Waals surface area contributed by atoms with Gasteiger partial charge in [0.1, 0.15) is 17.8 Å². The van der Waals surface area contributed by atoms with Crippen molar-refractivity contribution < 1.29 is 15.0 Å². The second-order valence-electron chi connectivity index (χ2n) is 1.88. The first-order valence-corrected chi connectivity index (χ1v) is 3.04. The number of Topliss-reactive ketones (excluding diaryl/α,β-unsaturated/α-hetero) is 1. The van der Waals surface area contributed by atoms with E-state index in [2.05, 4.69) is 0 Å². The quantitative estimate of drug-likeness (QED) is 0.556. The van der Waals surface area contributed by atoms with Crippen LogP contribution in [-0.2, 0) is 4.79 Å². The predicted octanol–water partition coefficient (Wildman–Crippen LogP) is 1.95. The van der Waals surface area contributed by atoms with E-state index in [1.165, 1.54) is 13.8 Å². The molecule has 0 aliphatic rings. The number of allylic oxidation sites excluding steroid dienone is 1. The smallest absolute Gasteiger partial charge is 0.126 e. The van der Waals surface area contributed by atoms with Gasteiger partial charge in [-0.3, -0.25) is 0 Å². The monoisotopic (exact) mass is 146 g/mol. The van der Waals surface area contributed by atoms with E-state index in [1.54, 1.807) is 6.92 Å². The molecule has 0 aromatic rings. The van der Waals surface area contributed by atoms with Gasteiger partial charge in [0, 0.05) is 6.42 Å². The lowest BCUT2D eigenvalue weighted by Gasteiger charge is -1.83. The minimum atomic E-state index is 0.0231. The van der Waals surface area contributed by atoms with E-state index < -0.39 is 0 Å². The molecule has 0 fully saturated rings. The second kappa shape index (κ2) is 8.01. The van der Waals surface area contributed by atoms with Crippen LogP contribution in [0.15, 0.2) is 12.0 Å². The molecule has 0 bridgehead atoms. The average Bonchev–Trinajstić information content (AvgIpc) is 1.85. The Hall–Kier alpha value is -0.990. The van der Waals surface area contributed by atoms with Crippen LogP contribution in [-0.4, -0.2) is 16.0 Å². The summed E-state index contributed by atoms with van der Waals surface area (Å²) in [6, 6.07) is 0. The molecule has 0 aliphatic carbocycles. The molecule has 0 radical (unpaired) electrons. The molecule has 0 aromatic heterocycles. The van der Waals surface area contributed by atoms with Crippen LogP contribution in [0.3, 0.4) is 0 Å². The van der Waals surface area contributed by atoms with Gasteiger partial charge in [0.2, 0.25) is 0 Å². The summed E-state index contributed by atoms with van der Waals surface area (Å²) in [4.78, 5) is 9.44. The zero-order valence-electron chi connectivity index (χ0n) is 6.59. The highest BCUT2D eigenvalue weighted by Crippen LogP contribution is 1.88. The first kappa shape index (κ1) is 11.8. The summed E-state index contributed by atoms with van der Waals surface area (Å²) < 4.78 is 0. The van der Waals surface area contributed by atoms with Crippen LogP contribution in [0.4, 0.5) is 0 Å². The minimum Gasteiger partial charge on any atom is -0.512 e. The summed E-state index contributed by atoms with van der Waals surface area (Å²) in [5, 5.41) is 16.2. The Bertz CT molecular complexity index is 112. The van der Waals surface area contributed by atoms with Crippen molar-refractivity contribution in [3.63, 3.8) is 0 Å². The van der Waals surface area contributed by atoms with Gasteiger partial charge in [-0.25, -0.2) is 0 Å². The molecule has 0 atom stereocenters. The predicted molar refractivity (Wildman–Crippen MR) is 40.0 cm³/mol. The normalized spacial score (nSPS) is 9.70. The van der Waals surface area contributed by atoms with E-state index in [0.717, 1.165) is 0 Å². The molecular formula is C7H14O3. The minimum absolute atomic E-state index is 0.0231. The standard InChI is InChI=1S/C4H8O2.C3H6O/c1-2-4(6)3-5;1-3(2)4/h3,5-6H,2H2,1H3;1-2H3. The lowest BCUT2D eigenvalue weighted by atomic mass is 10.4. The van der Waals surface area contributed by atoms with Gasteiger partial charge in [-0.2, -0.15) is 0 Å². The third-order valence-electron chi connectivity index (χ3n) is 0.511. The number of rotatable bonds is 1. The first-order chi connectivity index (χ1) is 4.54. The van der Waals surface area contributed by atoms with Crippen molar-refractivity contribution in [3.8, 4) is 0 Å². The van der Waals surface area contributed by atoms with E-state index in [9.17, 15) is 4.79 Å². The summed E-state index contributed by atoms with van der Waals surface area (Å²) in [5.41, 5.74) is 0. The zero-order chi connectivity index (χ0) is 8.57. The number of carbonyl (C=O) groups excluding carboxylic acids is 1. The largest absolute Gasteiger partial charge is 0.512 e. The van der Waals surface area contributed by atoms with Crippen LogP contribution < -0.4 is 0 Å². The maximum atomic E-state index is 9.44. The van der Waals surface area contributed by atoms with Crippen LogP contribution in [0.25, 0.3) is 0 Å². The summed E-state index contributed by atoms with van der Waals surface area (Å²) in [6.07, 6.45) is 1.19. The van der Waals surface area contributed by atoms with Crippen molar-refractivity contribution in [2.45, 2.75) is 27.2 Å². The van der Waals surface area contributed by atoms with Crippen LogP contribution in [0, 0.1) is 0 Å². The number of aliphatic hydroxyl groups is 2. The molecule has 3 nitrogen and oxygen atoms in total. The van der Waals surface area contributed by atoms with Gasteiger partial charge in [0.05, 0.1) is 0 Å². The van der Waals surface area contributed by atoms with Gasteiger partial charge in [0.25, 0.3) is 0 Å². The molecule has 0 rings (SSSR count). The fourth-order valence-electron chi connectivity index (χ4n) is 0.0913. The number of carbonyl (C=O) groups is 1. The number of hydrogen-bond donors (Lipinski definition) is 2. The highest BCUT2D eigenvalue weighted by Gasteiger charge is 1.78. The van der Waals surface area contributed by atoms with E-state index in [1.807, 2.05) is 0 Å². The Morgan fingerprint density at radius 1 is 1.50 bits per heavy atom. The van der Waals surface area contributed by atoms with Crippen LogP contribution >= 0.6 is 0 Å². The van der Waals surface area contributed by atoms with Crippen LogP contribution in [0.2, 0.25) is 0 Å². The van der Waals surface area contributed by atoms with Gasteiger partial charge in [-0.1, -0.05) is 6.92 Å². The summed E-state index contributed by atoms with van der Waals surface area (Å²) >= 11 is 0. The third-order valence-corrected chi connectivity index (χ3v) is 0.511. The molecule has 0 unspecified atom stereocenters. The zero-order valence-corrected chi connectivity index (χ0v) is 6.59. The van der Waals surface area contributed by atoms with Gasteiger partial charge in [0.15, 0.2) is 0 Å². The molecule has 60 valence electrons. The Morgan fingerprint density at radius 2 is 1.80 bits per heavy atom. The van der Waals surface area contributed by atoms with Gasteiger partial charge < -0.3 is 15.0 Å². The lowest BCUT2D eigenvalue weighted by Crippen LogP contribution is -1.72. The van der Waals surface area contributed by atoms with Crippen molar-refractivity contribution in [2.24, 2.45) is 0 Å². The van der Waals surface area contributed by atoms with E-state index in [-0.39, 0.29) is 11.5 Å². The number of hydrogen-bond acceptors (Lipinski definition) is 3. The van der Waals surface area contributed by atoms with Crippen molar-refractivity contribution in [2.75, 3.05) is 0 Å². The van der Waals surface area contributed by atoms with Crippen molar-refractivity contribution in [1.29, 1.82) is 0 Å². The lowest BCUT2D eigenvalue weighted by molar-refractivity contribution is -0.114. The van der Waals surface area contributed by atoms with Crippen molar-refractivity contribution >= 4 is 5.78 Å². The summed E-state index contributed by atoms with van der Waals surface area (Å²) in [7, 11) is 0. The highest BCUT2D eigenvalue weighted by molar-refractivity contribution is 5.72. The van der Waals surface area contributed by atoms with Crippen LogP contribution in [0.5, 0.6) is 0 Å². The molecular weight excluding hydrogens is 132 g/mol. The fraction of sp³-hybridized carbons (Fsp3) is 0.571. The molecule has 0 aliphatic heterocycles. The van der Waals surface area contributed by atoms with Crippen LogP contribution in [0.1, 0.15) is 27.2 Å². The third kappa shape index (κ3) is 27.9. The molecule has 0 aromatic carbocycles. The number of aliphatic hydroxyl groups excluding tert-OH is 2. The molecule has 0 spiro atoms. The Morgan fingerprint density at radius 3 is 1.80 bits per heavy atom. The van der Waals surface area contributed by atoms with E-state index >= 15 is 0 Å². The maximum absolute atomic E-state index is 9.44. The summed E-state index contributed by atoms with van der Waals surface area (Å²) in [6.45, 7) is 4.81. The van der Waals surface area contributed by atoms with Crippen molar-refractivity contribution in [3.05, 3.63) is 12.0 Å². The van der Waals surface area contributed by atoms with E-state index in [4.69, 9.17) is 10.2 Å². The van der Waals surface area contributed by atoms with Gasteiger partial charge in [-0.15, -0.1) is 0 Å². The highest BCUT2D eigenvalue weighted by atomic mass is 16.3. The summed E-state index contributed by atoms with van der Waals surface area (Å²) in [5.74, 6) is 0.190. The SMILES string of the molecule is CC(C)=O.CCC(O)=CO. The molecule has 0 amide bonds. The fourth-order valence-corrected chi connectivity index (χ4v) is 0.0913. The molecule has 10 heavy (non-hydrogen) atoms. The molecule has 2 N–H and O–H groups in total. The average molecular weight is 146 g/mol. The maximum Gasteiger partial charge on any atom is 0.126 e. The Labute approximate surface area is 61.0 Å². The second-order valence-corrected chi connectivity index (χ2v) is 1.88. The van der Waals surface area contributed by atoms with E-state index in [0.29, 0.717) is 12.7 Å². The number of ketones is 1. The molecule has 0 saturated carbocycles. The van der Waals surface area contributed by atoms with Gasteiger partial charge in [-0.05, 0) is 13.8 Å². The topological polar surface area (TPSA) is 57.5 Å². The van der Waals surface area contributed by atoms with Gasteiger partial charge >= 0.3 is 0 Å². The molecule has 0 heterocycles. The Kier molecular flexibility index (Phi) is 9.42.